The Morgan fingerprint density at radius 1 is 0.389 bits per heavy atom. The second-order valence-electron chi connectivity index (χ2n) is 10.3. The number of hydrogen-bond acceptors (Lipinski definition) is 0. The second-order valence-corrected chi connectivity index (χ2v) is 14.4. The molecule has 198 valence electrons. The van der Waals surface area contributed by atoms with E-state index in [0.29, 0.717) is 0 Å². The molecule has 0 aliphatic carbocycles. The second kappa shape index (κ2) is 18.8. The van der Waals surface area contributed by atoms with Crippen molar-refractivity contribution in [1.82, 2.24) is 0 Å². The van der Waals surface area contributed by atoms with Crippen LogP contribution < -0.4 is 15.9 Å². The number of rotatable bonds is 18. The summed E-state index contributed by atoms with van der Waals surface area (Å²) in [7, 11) is -2.03. The van der Waals surface area contributed by atoms with Gasteiger partial charge in [0.25, 0.3) is 0 Å². The normalized spacial score (nSPS) is 11.7. The Morgan fingerprint density at radius 3 is 0.972 bits per heavy atom. The van der Waals surface area contributed by atoms with E-state index in [9.17, 15) is 0 Å². The van der Waals surface area contributed by atoms with Crippen molar-refractivity contribution in [2.45, 2.75) is 96.8 Å². The van der Waals surface area contributed by atoms with Crippen LogP contribution in [-0.4, -0.2) is 6.16 Å². The van der Waals surface area contributed by atoms with Crippen LogP contribution in [-0.2, 0) is 0 Å². The van der Waals surface area contributed by atoms with Crippen molar-refractivity contribution in [1.29, 1.82) is 0 Å². The Morgan fingerprint density at radius 2 is 0.667 bits per heavy atom. The summed E-state index contributed by atoms with van der Waals surface area (Å²) >= 11 is 0. The first-order chi connectivity index (χ1) is 17.4. The fourth-order valence-electron chi connectivity index (χ4n) is 5.69. The summed E-state index contributed by atoms with van der Waals surface area (Å²) in [6.07, 6.45) is 21.1. The summed E-state index contributed by atoms with van der Waals surface area (Å²) < 4.78 is 0. The third-order valence-electron chi connectivity index (χ3n) is 7.71. The Balaban J connectivity index is 0.00000456. The topological polar surface area (TPSA) is 0 Å². The van der Waals surface area contributed by atoms with Crippen molar-refractivity contribution < 1.29 is 0 Å². The van der Waals surface area contributed by atoms with Gasteiger partial charge in [0, 0.05) is 0 Å². The molecular formula is C34H50BrP. The molecule has 0 spiro atoms. The Labute approximate surface area is 233 Å². The molecule has 0 bridgehead atoms. The number of benzene rings is 3. The maximum absolute atomic E-state index is 2.38. The van der Waals surface area contributed by atoms with Gasteiger partial charge >= 0.3 is 191 Å². The van der Waals surface area contributed by atoms with Gasteiger partial charge in [0.2, 0.25) is 0 Å². The third kappa shape index (κ3) is 9.79. The Bertz CT molecular complexity index is 798. The van der Waals surface area contributed by atoms with Gasteiger partial charge in [0.05, 0.1) is 0 Å². The van der Waals surface area contributed by atoms with Gasteiger partial charge in [0.1, 0.15) is 0 Å². The van der Waals surface area contributed by atoms with Crippen LogP contribution in [0.5, 0.6) is 0 Å². The molecule has 0 unspecified atom stereocenters. The van der Waals surface area contributed by atoms with Crippen LogP contribution in [0.15, 0.2) is 91.0 Å². The average Bonchev–Trinajstić information content (AvgIpc) is 2.93. The first kappa shape index (κ1) is 30.8. The molecule has 3 rings (SSSR count). The predicted octanol–water partition coefficient (Wildman–Crippen LogP) is 9.77. The minimum absolute atomic E-state index is 0. The van der Waals surface area contributed by atoms with E-state index >= 15 is 0 Å². The summed E-state index contributed by atoms with van der Waals surface area (Å²) in [4.78, 5) is 0. The van der Waals surface area contributed by atoms with Crippen molar-refractivity contribution in [3.63, 3.8) is 0 Å². The van der Waals surface area contributed by atoms with Gasteiger partial charge in [-0.15, -0.1) is 17.0 Å². The summed E-state index contributed by atoms with van der Waals surface area (Å²) in [5.74, 6) is 0. The molecule has 0 N–H and O–H groups in total. The van der Waals surface area contributed by atoms with Gasteiger partial charge in [-0.2, -0.15) is 0 Å². The van der Waals surface area contributed by atoms with E-state index in [2.05, 4.69) is 97.9 Å². The van der Waals surface area contributed by atoms with E-state index in [-0.39, 0.29) is 17.0 Å². The molecule has 3 aromatic rings. The molecule has 0 aliphatic rings. The van der Waals surface area contributed by atoms with E-state index in [0.717, 1.165) is 0 Å². The summed E-state index contributed by atoms with van der Waals surface area (Å²) in [5.41, 5.74) is 0. The van der Waals surface area contributed by atoms with Crippen LogP contribution in [0.3, 0.4) is 0 Å². The zero-order valence-electron chi connectivity index (χ0n) is 22.7. The molecule has 0 atom stereocenters. The van der Waals surface area contributed by atoms with Crippen LogP contribution in [0.1, 0.15) is 96.8 Å². The van der Waals surface area contributed by atoms with Crippen molar-refractivity contribution in [2.24, 2.45) is 0 Å². The fraction of sp³-hybridized carbons (Fsp3) is 0.471. The zero-order chi connectivity index (χ0) is 24.4. The van der Waals surface area contributed by atoms with Gasteiger partial charge in [-0.25, -0.2) is 0 Å². The minimum atomic E-state index is -2.03. The molecule has 0 amide bonds. The molecule has 3 aromatic carbocycles. The molecule has 2 heteroatoms. The van der Waals surface area contributed by atoms with Crippen LogP contribution >= 0.6 is 24.2 Å². The molecule has 0 saturated heterocycles. The number of hydrogen-bond donors (Lipinski definition) is 0. The summed E-state index contributed by atoms with van der Waals surface area (Å²) in [6.45, 7) is 2.30. The van der Waals surface area contributed by atoms with Crippen molar-refractivity contribution in [3.05, 3.63) is 91.0 Å². The molecular weight excluding hydrogens is 519 g/mol. The molecule has 0 radical (unpaired) electrons. The average molecular weight is 570 g/mol. The van der Waals surface area contributed by atoms with E-state index < -0.39 is 7.26 Å². The molecule has 0 nitrogen and oxygen atoms in total. The van der Waals surface area contributed by atoms with Gasteiger partial charge in [-0.3, -0.25) is 0 Å². The van der Waals surface area contributed by atoms with E-state index in [1.54, 1.807) is 15.9 Å². The Kier molecular flexibility index (Phi) is 16.0. The van der Waals surface area contributed by atoms with Crippen LogP contribution in [0.2, 0.25) is 0 Å². The van der Waals surface area contributed by atoms with E-state index in [1.807, 2.05) is 0 Å². The Hall–Kier alpha value is -1.43. The molecule has 0 aliphatic heterocycles. The van der Waals surface area contributed by atoms with Crippen molar-refractivity contribution >= 4 is 40.2 Å². The maximum atomic E-state index is 2.38. The van der Waals surface area contributed by atoms with Crippen molar-refractivity contribution in [3.8, 4) is 0 Å². The first-order valence-corrected chi connectivity index (χ1v) is 16.7. The molecule has 0 heterocycles. The van der Waals surface area contributed by atoms with Gasteiger partial charge in [0.15, 0.2) is 0 Å². The van der Waals surface area contributed by atoms with Crippen LogP contribution in [0.4, 0.5) is 0 Å². The van der Waals surface area contributed by atoms with E-state index in [4.69, 9.17) is 0 Å². The van der Waals surface area contributed by atoms with Gasteiger partial charge < -0.3 is 0 Å². The SMILES string of the molecule is Br.CCCCCCCCCCCCCCCC[PH](c1ccccc1)(c1ccccc1)c1ccccc1. The number of unbranched alkanes of at least 4 members (excludes halogenated alkanes) is 13. The van der Waals surface area contributed by atoms with Crippen LogP contribution in [0, 0.1) is 0 Å². The number of halogens is 1. The molecule has 0 fully saturated rings. The summed E-state index contributed by atoms with van der Waals surface area (Å²) in [5, 5.41) is 4.64. The van der Waals surface area contributed by atoms with Crippen LogP contribution in [0.25, 0.3) is 0 Å². The summed E-state index contributed by atoms with van der Waals surface area (Å²) in [6, 6.07) is 34.2. The standard InChI is InChI=1S/C34H49P.BrH/c1-2-3-4-5-6-7-8-9-10-11-12-13-14-24-31-35(32-25-18-15-19-26-32,33-27-20-16-21-28-33)34-29-22-17-23-30-34;/h15-23,25-30,35H,2-14,24,31H2,1H3;1H. The van der Waals surface area contributed by atoms with Crippen molar-refractivity contribution in [2.75, 3.05) is 6.16 Å². The fourth-order valence-corrected chi connectivity index (χ4v) is 10.6. The quantitative estimate of drug-likeness (QED) is 0.106. The molecule has 0 aromatic heterocycles. The predicted molar refractivity (Wildman–Crippen MR) is 172 cm³/mol. The molecule has 36 heavy (non-hydrogen) atoms. The monoisotopic (exact) mass is 568 g/mol. The molecule has 0 saturated carbocycles. The van der Waals surface area contributed by atoms with Gasteiger partial charge in [-0.05, 0) is 0 Å². The third-order valence-corrected chi connectivity index (χ3v) is 12.8. The zero-order valence-corrected chi connectivity index (χ0v) is 25.4. The van der Waals surface area contributed by atoms with Gasteiger partial charge in [-0.1, -0.05) is 26.2 Å². The first-order valence-electron chi connectivity index (χ1n) is 14.5. The van der Waals surface area contributed by atoms with E-state index in [1.165, 1.54) is 96.1 Å².